The van der Waals surface area contributed by atoms with Crippen LogP contribution in [-0.4, -0.2) is 45.3 Å². The summed E-state index contributed by atoms with van der Waals surface area (Å²) in [7, 11) is -0.830. The highest BCUT2D eigenvalue weighted by atomic mass is 32.2. The van der Waals surface area contributed by atoms with Crippen LogP contribution < -0.4 is 5.32 Å². The van der Waals surface area contributed by atoms with E-state index in [9.17, 15) is 9.00 Å². The number of rotatable bonds is 5. The molecular formula is C12H22N2O2S. The molecule has 0 radical (unpaired) electrons. The number of nitrogens with one attached hydrogen (secondary N) is 1. The van der Waals surface area contributed by atoms with Gasteiger partial charge in [0.1, 0.15) is 0 Å². The second-order valence-corrected chi connectivity index (χ2v) is 7.20. The molecule has 98 valence electrons. The van der Waals surface area contributed by atoms with Crippen molar-refractivity contribution in [2.75, 3.05) is 18.6 Å². The van der Waals surface area contributed by atoms with Crippen molar-refractivity contribution in [3.05, 3.63) is 0 Å². The second kappa shape index (κ2) is 4.69. The average Bonchev–Trinajstić information content (AvgIpc) is 2.92. The Bertz CT molecular complexity index is 339. The van der Waals surface area contributed by atoms with E-state index in [1.165, 1.54) is 0 Å². The van der Waals surface area contributed by atoms with Crippen LogP contribution in [0.15, 0.2) is 0 Å². The van der Waals surface area contributed by atoms with Gasteiger partial charge in [-0.25, -0.2) is 0 Å². The van der Waals surface area contributed by atoms with Crippen LogP contribution in [0.3, 0.4) is 0 Å². The third-order valence-electron chi connectivity index (χ3n) is 3.55. The molecule has 2 fully saturated rings. The number of carbonyl (C=O) groups is 1. The summed E-state index contributed by atoms with van der Waals surface area (Å²) in [6, 6.07) is 0. The Morgan fingerprint density at radius 3 is 2.65 bits per heavy atom. The maximum Gasteiger partial charge on any atom is 0.244 e. The topological polar surface area (TPSA) is 49.4 Å². The van der Waals surface area contributed by atoms with Crippen LogP contribution in [-0.2, 0) is 15.6 Å². The molecule has 1 heterocycles. The normalized spacial score (nSPS) is 28.1. The van der Waals surface area contributed by atoms with Gasteiger partial charge in [-0.15, -0.1) is 0 Å². The van der Waals surface area contributed by atoms with E-state index in [1.807, 2.05) is 4.90 Å². The average molecular weight is 258 g/mol. The van der Waals surface area contributed by atoms with Gasteiger partial charge < -0.3 is 4.90 Å². The Hall–Kier alpha value is -0.420. The van der Waals surface area contributed by atoms with Crippen molar-refractivity contribution in [2.24, 2.45) is 5.92 Å². The number of carbonyl (C=O) groups excluding carboxylic acids is 1. The summed E-state index contributed by atoms with van der Waals surface area (Å²) in [6.07, 6.45) is 4.74. The summed E-state index contributed by atoms with van der Waals surface area (Å²) in [6.45, 7) is 4.95. The molecule has 1 spiro atoms. The van der Waals surface area contributed by atoms with Crippen LogP contribution in [0.2, 0.25) is 0 Å². The van der Waals surface area contributed by atoms with E-state index < -0.39 is 10.8 Å². The van der Waals surface area contributed by atoms with E-state index >= 15 is 0 Å². The molecule has 2 aliphatic rings. The molecule has 0 aromatic heterocycles. The van der Waals surface area contributed by atoms with Crippen molar-refractivity contribution >= 4 is 16.7 Å². The first-order valence-corrected chi connectivity index (χ1v) is 8.06. The highest BCUT2D eigenvalue weighted by Crippen LogP contribution is 2.42. The summed E-state index contributed by atoms with van der Waals surface area (Å²) in [5, 5.41) is 3.47. The molecule has 5 heteroatoms. The lowest BCUT2D eigenvalue weighted by Gasteiger charge is -2.25. The van der Waals surface area contributed by atoms with Crippen molar-refractivity contribution in [3.63, 3.8) is 0 Å². The number of nitrogens with zero attached hydrogens (tertiary/aromatic N) is 1. The van der Waals surface area contributed by atoms with Gasteiger partial charge in [-0.1, -0.05) is 13.8 Å². The summed E-state index contributed by atoms with van der Waals surface area (Å²) < 4.78 is 11.2. The second-order valence-electron chi connectivity index (χ2n) is 5.65. The van der Waals surface area contributed by atoms with Crippen molar-refractivity contribution in [1.82, 2.24) is 10.2 Å². The van der Waals surface area contributed by atoms with Gasteiger partial charge in [-0.05, 0) is 25.2 Å². The molecule has 1 aliphatic heterocycles. The van der Waals surface area contributed by atoms with Crippen LogP contribution >= 0.6 is 0 Å². The maximum atomic E-state index is 12.3. The van der Waals surface area contributed by atoms with Crippen LogP contribution in [0, 0.1) is 5.92 Å². The predicted octanol–water partition coefficient (Wildman–Crippen LogP) is 0.702. The standard InChI is InChI=1S/C12H22N2O2S/c1-9(2)8-10-13-12(4-5-12)11(15)14(10)6-7-17(3)16/h9-10,13H,4-8H2,1-3H3. The van der Waals surface area contributed by atoms with Crippen LogP contribution in [0.5, 0.6) is 0 Å². The summed E-state index contributed by atoms with van der Waals surface area (Å²) in [4.78, 5) is 14.2. The van der Waals surface area contributed by atoms with Crippen LogP contribution in [0.1, 0.15) is 33.1 Å². The molecule has 17 heavy (non-hydrogen) atoms. The fourth-order valence-electron chi connectivity index (χ4n) is 2.48. The minimum Gasteiger partial charge on any atom is -0.325 e. The fraction of sp³-hybridized carbons (Fsp3) is 0.917. The smallest absolute Gasteiger partial charge is 0.244 e. The molecule has 2 rings (SSSR count). The Morgan fingerprint density at radius 1 is 1.53 bits per heavy atom. The molecule has 2 unspecified atom stereocenters. The van der Waals surface area contributed by atoms with E-state index in [4.69, 9.17) is 0 Å². The molecule has 0 bridgehead atoms. The van der Waals surface area contributed by atoms with E-state index in [2.05, 4.69) is 19.2 Å². The molecule has 0 aromatic rings. The van der Waals surface area contributed by atoms with Gasteiger partial charge >= 0.3 is 0 Å². The van der Waals surface area contributed by atoms with Gasteiger partial charge in [0.25, 0.3) is 0 Å². The highest BCUT2D eigenvalue weighted by Gasteiger charge is 2.58. The molecule has 4 nitrogen and oxygen atoms in total. The SMILES string of the molecule is CC(C)CC1NC2(CC2)C(=O)N1CCS(C)=O. The minimum atomic E-state index is -0.830. The largest absolute Gasteiger partial charge is 0.325 e. The van der Waals surface area contributed by atoms with Crippen LogP contribution in [0.4, 0.5) is 0 Å². The van der Waals surface area contributed by atoms with Crippen molar-refractivity contribution in [2.45, 2.75) is 44.8 Å². The number of amides is 1. The molecule has 1 saturated heterocycles. The van der Waals surface area contributed by atoms with Gasteiger partial charge in [0.2, 0.25) is 5.91 Å². The zero-order valence-corrected chi connectivity index (χ0v) is 11.7. The summed E-state index contributed by atoms with van der Waals surface area (Å²) in [5.74, 6) is 1.37. The summed E-state index contributed by atoms with van der Waals surface area (Å²) >= 11 is 0. The Kier molecular flexibility index (Phi) is 3.59. The van der Waals surface area contributed by atoms with Gasteiger partial charge in [-0.2, -0.15) is 0 Å². The predicted molar refractivity (Wildman–Crippen MR) is 69.0 cm³/mol. The lowest BCUT2D eigenvalue weighted by Crippen LogP contribution is -2.40. The quantitative estimate of drug-likeness (QED) is 0.790. The fourth-order valence-corrected chi connectivity index (χ4v) is 2.93. The van der Waals surface area contributed by atoms with E-state index in [-0.39, 0.29) is 17.6 Å². The highest BCUT2D eigenvalue weighted by molar-refractivity contribution is 7.84. The van der Waals surface area contributed by atoms with Crippen LogP contribution in [0.25, 0.3) is 0 Å². The molecular weight excluding hydrogens is 236 g/mol. The number of hydrogen-bond donors (Lipinski definition) is 1. The molecule has 0 aromatic carbocycles. The van der Waals surface area contributed by atoms with E-state index in [1.54, 1.807) is 6.26 Å². The Balaban J connectivity index is 2.02. The van der Waals surface area contributed by atoms with Gasteiger partial charge in [0.15, 0.2) is 0 Å². The monoisotopic (exact) mass is 258 g/mol. The van der Waals surface area contributed by atoms with Gasteiger partial charge in [0, 0.05) is 29.4 Å². The van der Waals surface area contributed by atoms with Crippen molar-refractivity contribution in [1.29, 1.82) is 0 Å². The Morgan fingerprint density at radius 2 is 2.18 bits per heavy atom. The first-order chi connectivity index (χ1) is 7.94. The zero-order valence-electron chi connectivity index (χ0n) is 10.9. The summed E-state index contributed by atoms with van der Waals surface area (Å²) in [5.41, 5.74) is -0.241. The molecule has 1 saturated carbocycles. The van der Waals surface area contributed by atoms with Crippen molar-refractivity contribution < 1.29 is 9.00 Å². The number of hydrogen-bond acceptors (Lipinski definition) is 3. The Labute approximate surface area is 106 Å². The molecule has 1 amide bonds. The first-order valence-electron chi connectivity index (χ1n) is 6.33. The lowest BCUT2D eigenvalue weighted by atomic mass is 10.1. The molecule has 1 N–H and O–H groups in total. The molecule has 1 aliphatic carbocycles. The lowest BCUT2D eigenvalue weighted by molar-refractivity contribution is -0.130. The van der Waals surface area contributed by atoms with Gasteiger partial charge in [0.05, 0.1) is 11.7 Å². The first kappa shape index (κ1) is 13.0. The maximum absolute atomic E-state index is 12.3. The third-order valence-corrected chi connectivity index (χ3v) is 4.31. The third kappa shape index (κ3) is 2.71. The van der Waals surface area contributed by atoms with E-state index in [0.29, 0.717) is 18.2 Å². The molecule has 2 atom stereocenters. The van der Waals surface area contributed by atoms with Gasteiger partial charge in [-0.3, -0.25) is 14.3 Å². The van der Waals surface area contributed by atoms with Crippen molar-refractivity contribution in [3.8, 4) is 0 Å². The minimum absolute atomic E-state index is 0.147. The zero-order chi connectivity index (χ0) is 12.6. The van der Waals surface area contributed by atoms with E-state index in [0.717, 1.165) is 19.3 Å².